The number of fused-ring (bicyclic) bond motifs is 1. The molecule has 0 aliphatic carbocycles. The van der Waals surface area contributed by atoms with Crippen molar-refractivity contribution in [2.24, 2.45) is 5.92 Å². The SMILES string of the molecule is Cc1ccc2c(c1)S[C@H](C(F)(F)F)[C@@H](C(=O)O)C2. The highest BCUT2D eigenvalue weighted by Crippen LogP contribution is 2.46. The number of halogens is 3. The van der Waals surface area contributed by atoms with Gasteiger partial charge in [-0.25, -0.2) is 0 Å². The van der Waals surface area contributed by atoms with E-state index in [9.17, 15) is 18.0 Å². The topological polar surface area (TPSA) is 37.3 Å². The number of thioether (sulfide) groups is 1. The molecular weight excluding hydrogens is 265 g/mol. The maximum absolute atomic E-state index is 12.9. The summed E-state index contributed by atoms with van der Waals surface area (Å²) in [5.74, 6) is -2.80. The van der Waals surface area contributed by atoms with Crippen molar-refractivity contribution in [3.05, 3.63) is 29.3 Å². The van der Waals surface area contributed by atoms with Crippen molar-refractivity contribution < 1.29 is 23.1 Å². The van der Waals surface area contributed by atoms with Crippen molar-refractivity contribution in [3.63, 3.8) is 0 Å². The van der Waals surface area contributed by atoms with Gasteiger partial charge < -0.3 is 5.11 Å². The zero-order chi connectivity index (χ0) is 13.5. The van der Waals surface area contributed by atoms with Gasteiger partial charge in [-0.05, 0) is 25.0 Å². The van der Waals surface area contributed by atoms with Gasteiger partial charge in [0.15, 0.2) is 0 Å². The fourth-order valence-electron chi connectivity index (χ4n) is 2.01. The Kier molecular flexibility index (Phi) is 3.31. The number of carboxylic acid groups (broad SMARTS) is 1. The molecule has 6 heteroatoms. The average molecular weight is 276 g/mol. The van der Waals surface area contributed by atoms with E-state index >= 15 is 0 Å². The first-order chi connectivity index (χ1) is 8.29. The second-order valence-corrected chi connectivity index (χ2v) is 5.52. The normalized spacial score (nSPS) is 23.6. The summed E-state index contributed by atoms with van der Waals surface area (Å²) >= 11 is 0.609. The van der Waals surface area contributed by atoms with Gasteiger partial charge in [0.25, 0.3) is 0 Å². The summed E-state index contributed by atoms with van der Waals surface area (Å²) in [7, 11) is 0. The van der Waals surface area contributed by atoms with E-state index in [-0.39, 0.29) is 6.42 Å². The minimum absolute atomic E-state index is 0.0673. The smallest absolute Gasteiger partial charge is 0.401 e. The molecule has 0 saturated carbocycles. The van der Waals surface area contributed by atoms with Crippen LogP contribution in [-0.2, 0) is 11.2 Å². The summed E-state index contributed by atoms with van der Waals surface area (Å²) in [6.07, 6.45) is -4.57. The lowest BCUT2D eigenvalue weighted by molar-refractivity contribution is -0.160. The number of aryl methyl sites for hydroxylation is 1. The molecule has 0 amide bonds. The van der Waals surface area contributed by atoms with Crippen molar-refractivity contribution in [2.75, 3.05) is 0 Å². The Morgan fingerprint density at radius 2 is 2.11 bits per heavy atom. The van der Waals surface area contributed by atoms with Crippen LogP contribution in [0.3, 0.4) is 0 Å². The van der Waals surface area contributed by atoms with Gasteiger partial charge in [0, 0.05) is 4.90 Å². The zero-order valence-electron chi connectivity index (χ0n) is 9.49. The van der Waals surface area contributed by atoms with Gasteiger partial charge in [0.2, 0.25) is 0 Å². The maximum Gasteiger partial charge on any atom is 0.401 e. The van der Waals surface area contributed by atoms with Crippen LogP contribution < -0.4 is 0 Å². The van der Waals surface area contributed by atoms with Crippen LogP contribution in [0.4, 0.5) is 13.2 Å². The second-order valence-electron chi connectivity index (χ2n) is 4.34. The van der Waals surface area contributed by atoms with Gasteiger partial charge in [0.1, 0.15) is 5.25 Å². The van der Waals surface area contributed by atoms with Crippen molar-refractivity contribution in [1.82, 2.24) is 0 Å². The molecule has 2 nitrogen and oxygen atoms in total. The Bertz CT molecular complexity index is 485. The van der Waals surface area contributed by atoms with Crippen molar-refractivity contribution >= 4 is 17.7 Å². The van der Waals surface area contributed by atoms with Crippen LogP contribution in [0.2, 0.25) is 0 Å². The van der Waals surface area contributed by atoms with E-state index in [1.165, 1.54) is 0 Å². The largest absolute Gasteiger partial charge is 0.481 e. The molecule has 0 spiro atoms. The minimum Gasteiger partial charge on any atom is -0.481 e. The molecule has 1 heterocycles. The van der Waals surface area contributed by atoms with Gasteiger partial charge in [-0.2, -0.15) is 13.2 Å². The summed E-state index contributed by atoms with van der Waals surface area (Å²) < 4.78 is 38.6. The van der Waals surface area contributed by atoms with Crippen molar-refractivity contribution in [2.45, 2.75) is 29.7 Å². The predicted octanol–water partition coefficient (Wildman–Crippen LogP) is 3.27. The molecule has 98 valence electrons. The van der Waals surface area contributed by atoms with E-state index in [1.54, 1.807) is 25.1 Å². The van der Waals surface area contributed by atoms with Gasteiger partial charge in [-0.15, -0.1) is 11.8 Å². The number of aliphatic carboxylic acids is 1. The van der Waals surface area contributed by atoms with E-state index in [0.29, 0.717) is 22.2 Å². The van der Waals surface area contributed by atoms with Gasteiger partial charge in [-0.3, -0.25) is 4.79 Å². The average Bonchev–Trinajstić information content (AvgIpc) is 2.25. The Morgan fingerprint density at radius 1 is 1.44 bits per heavy atom. The fourth-order valence-corrected chi connectivity index (χ4v) is 3.36. The number of hydrogen-bond acceptors (Lipinski definition) is 2. The lowest BCUT2D eigenvalue weighted by atomic mass is 9.94. The number of carbonyl (C=O) groups is 1. The first-order valence-electron chi connectivity index (χ1n) is 5.35. The third-order valence-corrected chi connectivity index (χ3v) is 4.41. The Morgan fingerprint density at radius 3 is 2.67 bits per heavy atom. The Labute approximate surface area is 106 Å². The van der Waals surface area contributed by atoms with Crippen LogP contribution in [0.25, 0.3) is 0 Å². The summed E-state index contributed by atoms with van der Waals surface area (Å²) in [5, 5.41) is 7.07. The molecule has 1 aliphatic heterocycles. The summed E-state index contributed by atoms with van der Waals surface area (Å²) in [5.41, 5.74) is 1.55. The Hall–Kier alpha value is -1.17. The predicted molar refractivity (Wildman–Crippen MR) is 61.7 cm³/mol. The summed E-state index contributed by atoms with van der Waals surface area (Å²) in [6.45, 7) is 1.80. The van der Waals surface area contributed by atoms with Crippen LogP contribution in [0, 0.1) is 12.8 Å². The molecule has 1 aromatic rings. The van der Waals surface area contributed by atoms with E-state index in [1.807, 2.05) is 0 Å². The van der Waals surface area contributed by atoms with Crippen LogP contribution in [0.15, 0.2) is 23.1 Å². The Balaban J connectivity index is 2.41. The molecule has 0 fully saturated rings. The first kappa shape index (κ1) is 13.3. The number of carboxylic acids is 1. The molecule has 1 N–H and O–H groups in total. The van der Waals surface area contributed by atoms with Crippen LogP contribution in [0.5, 0.6) is 0 Å². The quantitative estimate of drug-likeness (QED) is 0.855. The number of benzene rings is 1. The molecule has 1 aliphatic rings. The van der Waals surface area contributed by atoms with Crippen molar-refractivity contribution in [1.29, 1.82) is 0 Å². The lowest BCUT2D eigenvalue weighted by Crippen LogP contribution is -2.41. The van der Waals surface area contributed by atoms with E-state index in [0.717, 1.165) is 5.56 Å². The molecule has 0 saturated heterocycles. The van der Waals surface area contributed by atoms with Gasteiger partial charge >= 0.3 is 12.1 Å². The fraction of sp³-hybridized carbons (Fsp3) is 0.417. The molecule has 0 radical (unpaired) electrons. The molecule has 1 aromatic carbocycles. The maximum atomic E-state index is 12.9. The molecule has 0 bridgehead atoms. The summed E-state index contributed by atoms with van der Waals surface area (Å²) in [4.78, 5) is 11.5. The standard InChI is InChI=1S/C12H11F3O2S/c1-6-2-3-7-5-8(11(16)17)10(12(13,14)15)18-9(7)4-6/h2-4,8,10H,5H2,1H3,(H,16,17)/t8-,10-/m0/s1. The zero-order valence-corrected chi connectivity index (χ0v) is 10.3. The van der Waals surface area contributed by atoms with E-state index < -0.39 is 23.3 Å². The highest BCUT2D eigenvalue weighted by Gasteiger charge is 2.50. The third kappa shape index (κ3) is 2.48. The van der Waals surface area contributed by atoms with Crippen LogP contribution in [0.1, 0.15) is 11.1 Å². The van der Waals surface area contributed by atoms with E-state index in [4.69, 9.17) is 5.11 Å². The molecule has 2 atom stereocenters. The highest BCUT2D eigenvalue weighted by molar-refractivity contribution is 8.00. The van der Waals surface area contributed by atoms with Crippen molar-refractivity contribution in [3.8, 4) is 0 Å². The second kappa shape index (κ2) is 4.50. The number of alkyl halides is 3. The minimum atomic E-state index is -4.50. The molecule has 0 unspecified atom stereocenters. The molecule has 2 rings (SSSR count). The number of rotatable bonds is 1. The number of hydrogen-bond donors (Lipinski definition) is 1. The monoisotopic (exact) mass is 276 g/mol. The molecule has 0 aromatic heterocycles. The van der Waals surface area contributed by atoms with Gasteiger partial charge in [-0.1, -0.05) is 17.7 Å². The first-order valence-corrected chi connectivity index (χ1v) is 6.22. The molecule has 18 heavy (non-hydrogen) atoms. The van der Waals surface area contributed by atoms with Crippen LogP contribution >= 0.6 is 11.8 Å². The molecular formula is C12H11F3O2S. The summed E-state index contributed by atoms with van der Waals surface area (Å²) in [6, 6.07) is 5.17. The van der Waals surface area contributed by atoms with Gasteiger partial charge in [0.05, 0.1) is 5.92 Å². The van der Waals surface area contributed by atoms with Crippen LogP contribution in [-0.4, -0.2) is 22.5 Å². The lowest BCUT2D eigenvalue weighted by Gasteiger charge is -2.31. The van der Waals surface area contributed by atoms with E-state index in [2.05, 4.69) is 0 Å². The highest BCUT2D eigenvalue weighted by atomic mass is 32.2. The third-order valence-electron chi connectivity index (χ3n) is 2.92.